The Hall–Kier alpha value is -2.95. The Morgan fingerprint density at radius 3 is 2.57 bits per heavy atom. The minimum absolute atomic E-state index is 0. The number of carbonyl (C=O) groups is 1. The molecule has 0 saturated carbocycles. The van der Waals surface area contributed by atoms with Crippen LogP contribution in [-0.2, 0) is 11.3 Å². The maximum atomic E-state index is 12.4. The number of nitrogens with one attached hydrogen (secondary N) is 2. The van der Waals surface area contributed by atoms with Crippen LogP contribution in [0.5, 0.6) is 0 Å². The zero-order valence-corrected chi connectivity index (χ0v) is 18.9. The van der Waals surface area contributed by atoms with Crippen molar-refractivity contribution in [1.29, 1.82) is 0 Å². The van der Waals surface area contributed by atoms with Gasteiger partial charge in [-0.05, 0) is 29.8 Å². The predicted octanol–water partition coefficient (Wildman–Crippen LogP) is 2.36. The summed E-state index contributed by atoms with van der Waals surface area (Å²) in [4.78, 5) is 22.4. The number of amides is 1. The van der Waals surface area contributed by atoms with Gasteiger partial charge in [0.1, 0.15) is 12.7 Å². The Morgan fingerprint density at radius 2 is 1.90 bits per heavy atom. The number of hydrogen-bond acceptors (Lipinski definition) is 4. The van der Waals surface area contributed by atoms with Crippen LogP contribution >= 0.6 is 24.0 Å². The lowest BCUT2D eigenvalue weighted by molar-refractivity contribution is -0.117. The third-order valence-corrected chi connectivity index (χ3v) is 4.84. The van der Waals surface area contributed by atoms with E-state index in [4.69, 9.17) is 0 Å². The van der Waals surface area contributed by atoms with E-state index in [0.717, 1.165) is 16.9 Å². The number of aliphatic imine (C=N–C) groups is 1. The number of halogens is 1. The monoisotopic (exact) mass is 517 g/mol. The molecular formula is C21H24IN7O. The normalized spacial score (nSPS) is 16.3. The molecule has 4 rings (SSSR count). The molecule has 1 fully saturated rings. The fourth-order valence-corrected chi connectivity index (χ4v) is 3.34. The van der Waals surface area contributed by atoms with Crippen molar-refractivity contribution in [3.05, 3.63) is 72.8 Å². The molecule has 0 bridgehead atoms. The molecule has 1 aromatic heterocycles. The summed E-state index contributed by atoms with van der Waals surface area (Å²) in [6, 6.07) is 17.8. The molecule has 0 radical (unpaired) electrons. The second kappa shape index (κ2) is 10.2. The molecule has 1 saturated heterocycles. The van der Waals surface area contributed by atoms with E-state index in [9.17, 15) is 4.79 Å². The van der Waals surface area contributed by atoms with E-state index in [2.05, 4.69) is 25.7 Å². The fraction of sp³-hybridized carbons (Fsp3) is 0.238. The molecule has 9 heteroatoms. The molecule has 1 amide bonds. The lowest BCUT2D eigenvalue weighted by Gasteiger charge is -2.19. The smallest absolute Gasteiger partial charge is 0.229 e. The minimum atomic E-state index is 0. The van der Waals surface area contributed by atoms with E-state index in [1.54, 1.807) is 18.1 Å². The Balaban J connectivity index is 0.00000256. The molecule has 30 heavy (non-hydrogen) atoms. The number of para-hydroxylation sites is 1. The number of nitrogens with zero attached hydrogens (tertiary/aromatic N) is 5. The number of guanidine groups is 1. The molecule has 2 aromatic carbocycles. The van der Waals surface area contributed by atoms with Crippen LogP contribution in [0.25, 0.3) is 5.69 Å². The summed E-state index contributed by atoms with van der Waals surface area (Å²) in [7, 11) is 1.73. The van der Waals surface area contributed by atoms with E-state index < -0.39 is 0 Å². The van der Waals surface area contributed by atoms with Gasteiger partial charge in [-0.2, -0.15) is 5.10 Å². The number of carbonyl (C=O) groups excluding carboxylic acids is 1. The van der Waals surface area contributed by atoms with Crippen molar-refractivity contribution in [1.82, 2.24) is 25.4 Å². The van der Waals surface area contributed by atoms with E-state index in [-0.39, 0.29) is 35.9 Å². The first-order valence-corrected chi connectivity index (χ1v) is 9.49. The van der Waals surface area contributed by atoms with Gasteiger partial charge in [0.2, 0.25) is 5.91 Å². The van der Waals surface area contributed by atoms with Gasteiger partial charge in [-0.3, -0.25) is 9.79 Å². The van der Waals surface area contributed by atoms with Crippen LogP contribution in [0.3, 0.4) is 0 Å². The van der Waals surface area contributed by atoms with Crippen molar-refractivity contribution in [2.24, 2.45) is 4.99 Å². The van der Waals surface area contributed by atoms with E-state index in [0.29, 0.717) is 25.5 Å². The summed E-state index contributed by atoms with van der Waals surface area (Å²) in [5, 5.41) is 10.8. The molecule has 2 N–H and O–H groups in total. The van der Waals surface area contributed by atoms with Gasteiger partial charge in [0.05, 0.1) is 11.7 Å². The van der Waals surface area contributed by atoms with Crippen molar-refractivity contribution < 1.29 is 4.79 Å². The van der Waals surface area contributed by atoms with Gasteiger partial charge < -0.3 is 15.5 Å². The molecule has 2 heterocycles. The second-order valence-electron chi connectivity index (χ2n) is 6.82. The van der Waals surface area contributed by atoms with Gasteiger partial charge in [-0.1, -0.05) is 30.3 Å². The molecule has 8 nitrogen and oxygen atoms in total. The number of rotatable bonds is 5. The Bertz CT molecular complexity index is 974. The molecule has 156 valence electrons. The summed E-state index contributed by atoms with van der Waals surface area (Å²) in [5.41, 5.74) is 3.00. The quantitative estimate of drug-likeness (QED) is 0.309. The van der Waals surface area contributed by atoms with Crippen LogP contribution in [-0.4, -0.2) is 46.3 Å². The molecule has 0 spiro atoms. The van der Waals surface area contributed by atoms with Gasteiger partial charge in [-0.15, -0.1) is 24.0 Å². The SMILES string of the molecule is CN=C(NCc1ccc(-n2cncn2)cc1)NC1CC(=O)N(c2ccccc2)C1.I. The molecule has 0 aliphatic carbocycles. The van der Waals surface area contributed by atoms with Crippen LogP contribution in [0, 0.1) is 0 Å². The van der Waals surface area contributed by atoms with Crippen LogP contribution in [0.4, 0.5) is 5.69 Å². The highest BCUT2D eigenvalue weighted by atomic mass is 127. The third kappa shape index (κ3) is 5.15. The third-order valence-electron chi connectivity index (χ3n) is 4.84. The van der Waals surface area contributed by atoms with E-state index >= 15 is 0 Å². The maximum absolute atomic E-state index is 12.4. The molecule has 1 aliphatic rings. The van der Waals surface area contributed by atoms with Crippen LogP contribution in [0.15, 0.2) is 72.2 Å². The molecule has 1 unspecified atom stereocenters. The van der Waals surface area contributed by atoms with Gasteiger partial charge in [0, 0.05) is 32.2 Å². The molecule has 3 aromatic rings. The van der Waals surface area contributed by atoms with Crippen molar-refractivity contribution >= 4 is 41.5 Å². The first kappa shape index (κ1) is 21.8. The van der Waals surface area contributed by atoms with Crippen molar-refractivity contribution in [3.8, 4) is 5.69 Å². The number of aromatic nitrogens is 3. The zero-order valence-electron chi connectivity index (χ0n) is 16.6. The van der Waals surface area contributed by atoms with Gasteiger partial charge in [0.15, 0.2) is 5.96 Å². The molecular weight excluding hydrogens is 493 g/mol. The minimum Gasteiger partial charge on any atom is -0.352 e. The Kier molecular flexibility index (Phi) is 7.39. The summed E-state index contributed by atoms with van der Waals surface area (Å²) in [5.74, 6) is 0.797. The first-order valence-electron chi connectivity index (χ1n) is 9.49. The Labute approximate surface area is 192 Å². The summed E-state index contributed by atoms with van der Waals surface area (Å²) < 4.78 is 1.72. The lowest BCUT2D eigenvalue weighted by Crippen LogP contribution is -2.44. The highest BCUT2D eigenvalue weighted by molar-refractivity contribution is 14.0. The van der Waals surface area contributed by atoms with Crippen LogP contribution in [0.2, 0.25) is 0 Å². The second-order valence-corrected chi connectivity index (χ2v) is 6.82. The maximum Gasteiger partial charge on any atom is 0.229 e. The van der Waals surface area contributed by atoms with E-state index in [1.165, 1.54) is 6.33 Å². The number of hydrogen-bond donors (Lipinski definition) is 2. The average molecular weight is 517 g/mol. The fourth-order valence-electron chi connectivity index (χ4n) is 3.34. The highest BCUT2D eigenvalue weighted by Gasteiger charge is 2.30. The van der Waals surface area contributed by atoms with Crippen molar-refractivity contribution in [2.45, 2.75) is 19.0 Å². The van der Waals surface area contributed by atoms with Crippen molar-refractivity contribution in [3.63, 3.8) is 0 Å². The standard InChI is InChI=1S/C21H23N7O.HI/c1-22-21(24-12-16-7-9-19(10-8-16)28-15-23-14-25-28)26-17-11-20(29)27(13-17)18-5-3-2-4-6-18;/h2-10,14-15,17H,11-13H2,1H3,(H2,22,24,26);1H. The van der Waals surface area contributed by atoms with Crippen molar-refractivity contribution in [2.75, 3.05) is 18.5 Å². The molecule has 1 atom stereocenters. The topological polar surface area (TPSA) is 87.4 Å². The highest BCUT2D eigenvalue weighted by Crippen LogP contribution is 2.21. The van der Waals surface area contributed by atoms with E-state index in [1.807, 2.05) is 59.5 Å². The van der Waals surface area contributed by atoms with Crippen LogP contribution < -0.4 is 15.5 Å². The Morgan fingerprint density at radius 1 is 1.13 bits per heavy atom. The van der Waals surface area contributed by atoms with Gasteiger partial charge in [0.25, 0.3) is 0 Å². The van der Waals surface area contributed by atoms with Crippen LogP contribution in [0.1, 0.15) is 12.0 Å². The average Bonchev–Trinajstić information content (AvgIpc) is 3.42. The summed E-state index contributed by atoms with van der Waals surface area (Å²) >= 11 is 0. The number of benzene rings is 2. The predicted molar refractivity (Wildman–Crippen MR) is 127 cm³/mol. The first-order chi connectivity index (χ1) is 14.2. The lowest BCUT2D eigenvalue weighted by atomic mass is 10.2. The largest absolute Gasteiger partial charge is 0.352 e. The summed E-state index contributed by atoms with van der Waals surface area (Å²) in [6.07, 6.45) is 3.63. The molecule has 1 aliphatic heterocycles. The van der Waals surface area contributed by atoms with Gasteiger partial charge >= 0.3 is 0 Å². The zero-order chi connectivity index (χ0) is 20.1. The summed E-state index contributed by atoms with van der Waals surface area (Å²) in [6.45, 7) is 1.25. The van der Waals surface area contributed by atoms with Gasteiger partial charge in [-0.25, -0.2) is 9.67 Å². The number of anilines is 1.